The van der Waals surface area contributed by atoms with Crippen molar-refractivity contribution in [3.05, 3.63) is 23.9 Å². The molecule has 2 rings (SSSR count). The minimum Gasteiger partial charge on any atom is -0.357 e. The highest BCUT2D eigenvalue weighted by Crippen LogP contribution is 2.17. The molecule has 1 aliphatic heterocycles. The monoisotopic (exact) mass is 320 g/mol. The van der Waals surface area contributed by atoms with Gasteiger partial charge in [0.2, 0.25) is 5.91 Å². The Labute approximate surface area is 132 Å². The summed E-state index contributed by atoms with van der Waals surface area (Å²) in [5, 5.41) is 2.77. The molecule has 20 heavy (non-hydrogen) atoms. The van der Waals surface area contributed by atoms with Gasteiger partial charge in [0.15, 0.2) is 0 Å². The summed E-state index contributed by atoms with van der Waals surface area (Å²) in [7, 11) is 0. The summed E-state index contributed by atoms with van der Waals surface area (Å²) in [6.07, 6.45) is 4.30. The fourth-order valence-corrected chi connectivity index (χ4v) is 2.00. The fourth-order valence-electron chi connectivity index (χ4n) is 2.00. The van der Waals surface area contributed by atoms with Crippen molar-refractivity contribution in [2.45, 2.75) is 32.4 Å². The van der Waals surface area contributed by atoms with Crippen LogP contribution in [0.25, 0.3) is 0 Å². The lowest BCUT2D eigenvalue weighted by Gasteiger charge is -2.16. The number of hydrogen-bond acceptors (Lipinski definition) is 4. The van der Waals surface area contributed by atoms with Crippen LogP contribution in [0.4, 0.5) is 5.82 Å². The molecule has 1 atom stereocenters. The predicted octanol–water partition coefficient (Wildman–Crippen LogP) is 1.49. The Balaban J connectivity index is 0.00000180. The molecule has 7 heteroatoms. The van der Waals surface area contributed by atoms with Crippen LogP contribution in [0, 0.1) is 0 Å². The van der Waals surface area contributed by atoms with E-state index in [2.05, 4.69) is 15.2 Å². The third kappa shape index (κ3) is 5.15. The molecular weight excluding hydrogens is 299 g/mol. The zero-order valence-electron chi connectivity index (χ0n) is 11.5. The summed E-state index contributed by atoms with van der Waals surface area (Å²) >= 11 is 0. The maximum absolute atomic E-state index is 11.3. The minimum atomic E-state index is -0.471. The van der Waals surface area contributed by atoms with E-state index >= 15 is 0 Å². The van der Waals surface area contributed by atoms with Crippen LogP contribution < -0.4 is 16.0 Å². The quantitative estimate of drug-likeness (QED) is 0.881. The topological polar surface area (TPSA) is 71.2 Å². The Morgan fingerprint density at radius 1 is 1.40 bits per heavy atom. The molecule has 2 heterocycles. The van der Waals surface area contributed by atoms with Crippen LogP contribution in [0.1, 0.15) is 25.3 Å². The van der Waals surface area contributed by atoms with E-state index in [1.807, 2.05) is 18.3 Å². The predicted molar refractivity (Wildman–Crippen MR) is 85.7 cm³/mol. The molecule has 1 aromatic rings. The smallest absolute Gasteiger partial charge is 0.236 e. The summed E-state index contributed by atoms with van der Waals surface area (Å²) < 4.78 is 0. The lowest BCUT2D eigenvalue weighted by Crippen LogP contribution is -2.37. The average Bonchev–Trinajstić information content (AvgIpc) is 2.90. The van der Waals surface area contributed by atoms with Gasteiger partial charge in [-0.1, -0.05) is 6.07 Å². The Kier molecular flexibility index (Phi) is 8.53. The number of nitrogens with one attached hydrogen (secondary N) is 1. The molecule has 0 radical (unpaired) electrons. The Hall–Kier alpha value is -1.04. The number of anilines is 1. The second kappa shape index (κ2) is 9.00. The molecule has 0 aliphatic carbocycles. The van der Waals surface area contributed by atoms with Crippen LogP contribution in [0.15, 0.2) is 18.3 Å². The molecule has 1 aromatic heterocycles. The van der Waals surface area contributed by atoms with E-state index in [4.69, 9.17) is 5.73 Å². The number of halogens is 2. The van der Waals surface area contributed by atoms with Gasteiger partial charge in [0.25, 0.3) is 0 Å². The SMILES string of the molecule is C[C@@H](N)C(=O)NCc1ccc(N2CCCC2)nc1.Cl.Cl. The van der Waals surface area contributed by atoms with Gasteiger partial charge in [-0.15, -0.1) is 24.8 Å². The first-order valence-corrected chi connectivity index (χ1v) is 6.40. The number of carbonyl (C=O) groups excluding carboxylic acids is 1. The van der Waals surface area contributed by atoms with Gasteiger partial charge in [-0.2, -0.15) is 0 Å². The molecule has 1 aliphatic rings. The molecule has 0 spiro atoms. The largest absolute Gasteiger partial charge is 0.357 e. The summed E-state index contributed by atoms with van der Waals surface area (Å²) in [5.74, 6) is 0.883. The molecule has 3 N–H and O–H groups in total. The first kappa shape index (κ1) is 19.0. The Morgan fingerprint density at radius 2 is 2.05 bits per heavy atom. The van der Waals surface area contributed by atoms with Crippen molar-refractivity contribution in [1.82, 2.24) is 10.3 Å². The summed E-state index contributed by atoms with van der Waals surface area (Å²) in [4.78, 5) is 18.0. The van der Waals surface area contributed by atoms with E-state index in [9.17, 15) is 4.79 Å². The van der Waals surface area contributed by atoms with Crippen LogP contribution >= 0.6 is 24.8 Å². The van der Waals surface area contributed by atoms with Gasteiger partial charge in [0, 0.05) is 25.8 Å². The van der Waals surface area contributed by atoms with Gasteiger partial charge in [-0.25, -0.2) is 4.98 Å². The van der Waals surface area contributed by atoms with Crippen molar-refractivity contribution in [2.75, 3.05) is 18.0 Å². The first-order valence-electron chi connectivity index (χ1n) is 6.40. The second-order valence-electron chi connectivity index (χ2n) is 4.73. The molecule has 1 fully saturated rings. The van der Waals surface area contributed by atoms with Gasteiger partial charge in [0.1, 0.15) is 5.82 Å². The molecular formula is C13H22Cl2N4O. The van der Waals surface area contributed by atoms with Crippen LogP contribution in [-0.2, 0) is 11.3 Å². The zero-order chi connectivity index (χ0) is 13.0. The van der Waals surface area contributed by atoms with Gasteiger partial charge in [0.05, 0.1) is 6.04 Å². The number of nitrogens with two attached hydrogens (primary N) is 1. The molecule has 0 aromatic carbocycles. The number of rotatable bonds is 4. The number of carbonyl (C=O) groups is 1. The highest BCUT2D eigenvalue weighted by molar-refractivity contribution is 5.85. The van der Waals surface area contributed by atoms with Crippen molar-refractivity contribution in [1.29, 1.82) is 0 Å². The molecule has 1 amide bonds. The fraction of sp³-hybridized carbons (Fsp3) is 0.538. The lowest BCUT2D eigenvalue weighted by atomic mass is 10.2. The van der Waals surface area contributed by atoms with E-state index < -0.39 is 6.04 Å². The molecule has 0 unspecified atom stereocenters. The standard InChI is InChI=1S/C13H20N4O.2ClH/c1-10(14)13(18)16-9-11-4-5-12(15-8-11)17-6-2-3-7-17;;/h4-5,8,10H,2-3,6-7,9,14H2,1H3,(H,16,18);2*1H/t10-;;/m1../s1. The molecule has 0 bridgehead atoms. The Bertz CT molecular complexity index is 405. The van der Waals surface area contributed by atoms with Crippen LogP contribution in [0.5, 0.6) is 0 Å². The van der Waals surface area contributed by atoms with E-state index in [1.165, 1.54) is 12.8 Å². The van der Waals surface area contributed by atoms with Crippen molar-refractivity contribution in [3.63, 3.8) is 0 Å². The Morgan fingerprint density at radius 3 is 2.55 bits per heavy atom. The number of nitrogens with zero attached hydrogens (tertiary/aromatic N) is 2. The number of aromatic nitrogens is 1. The average molecular weight is 321 g/mol. The van der Waals surface area contributed by atoms with Gasteiger partial charge in [-0.05, 0) is 31.4 Å². The molecule has 1 saturated heterocycles. The van der Waals surface area contributed by atoms with Crippen LogP contribution in [-0.4, -0.2) is 30.0 Å². The van der Waals surface area contributed by atoms with E-state index in [0.29, 0.717) is 6.54 Å². The third-order valence-electron chi connectivity index (χ3n) is 3.12. The van der Waals surface area contributed by atoms with Crippen LogP contribution in [0.3, 0.4) is 0 Å². The highest BCUT2D eigenvalue weighted by atomic mass is 35.5. The third-order valence-corrected chi connectivity index (χ3v) is 3.12. The van der Waals surface area contributed by atoms with Gasteiger partial charge >= 0.3 is 0 Å². The lowest BCUT2D eigenvalue weighted by molar-refractivity contribution is -0.122. The summed E-state index contributed by atoms with van der Waals surface area (Å²) in [6, 6.07) is 3.54. The molecule has 0 saturated carbocycles. The zero-order valence-corrected chi connectivity index (χ0v) is 13.2. The minimum absolute atomic E-state index is 0. The number of pyridine rings is 1. The number of amides is 1. The summed E-state index contributed by atoms with van der Waals surface area (Å²) in [5.41, 5.74) is 6.47. The molecule has 5 nitrogen and oxygen atoms in total. The number of hydrogen-bond donors (Lipinski definition) is 2. The van der Waals surface area contributed by atoms with Crippen molar-refractivity contribution < 1.29 is 4.79 Å². The molecule has 114 valence electrons. The van der Waals surface area contributed by atoms with Gasteiger partial charge < -0.3 is 16.0 Å². The second-order valence-corrected chi connectivity index (χ2v) is 4.73. The van der Waals surface area contributed by atoms with Crippen molar-refractivity contribution >= 4 is 36.5 Å². The van der Waals surface area contributed by atoms with Crippen molar-refractivity contribution in [3.8, 4) is 0 Å². The highest BCUT2D eigenvalue weighted by Gasteiger charge is 2.13. The normalized spacial score (nSPS) is 15.0. The van der Waals surface area contributed by atoms with E-state index in [-0.39, 0.29) is 30.7 Å². The van der Waals surface area contributed by atoms with E-state index in [1.54, 1.807) is 6.92 Å². The van der Waals surface area contributed by atoms with Crippen LogP contribution in [0.2, 0.25) is 0 Å². The maximum Gasteiger partial charge on any atom is 0.236 e. The summed E-state index contributed by atoms with van der Waals surface area (Å²) in [6.45, 7) is 4.33. The van der Waals surface area contributed by atoms with Gasteiger partial charge in [-0.3, -0.25) is 4.79 Å². The first-order chi connectivity index (χ1) is 8.66. The van der Waals surface area contributed by atoms with Crippen molar-refractivity contribution in [2.24, 2.45) is 5.73 Å². The van der Waals surface area contributed by atoms with E-state index in [0.717, 1.165) is 24.5 Å². The maximum atomic E-state index is 11.3.